The van der Waals surface area contributed by atoms with E-state index in [1.807, 2.05) is 24.3 Å². The molecular formula is C22H25FN4O3. The number of halogens is 1. The summed E-state index contributed by atoms with van der Waals surface area (Å²) in [5, 5.41) is 2.62. The molecule has 0 radical (unpaired) electrons. The van der Waals surface area contributed by atoms with Crippen LogP contribution in [-0.4, -0.2) is 55.2 Å². The maximum Gasteiger partial charge on any atom is 0.414 e. The van der Waals surface area contributed by atoms with E-state index in [1.165, 1.54) is 17.9 Å². The van der Waals surface area contributed by atoms with E-state index in [9.17, 15) is 14.0 Å². The van der Waals surface area contributed by atoms with Gasteiger partial charge >= 0.3 is 6.09 Å². The molecule has 2 aromatic rings. The summed E-state index contributed by atoms with van der Waals surface area (Å²) in [6.07, 6.45) is -1.01. The fourth-order valence-corrected chi connectivity index (χ4v) is 3.79. The summed E-state index contributed by atoms with van der Waals surface area (Å²) in [4.78, 5) is 26.8. The summed E-state index contributed by atoms with van der Waals surface area (Å²) >= 11 is 0. The lowest BCUT2D eigenvalue weighted by Crippen LogP contribution is -2.54. The second-order valence-corrected chi connectivity index (χ2v) is 7.87. The predicted octanol–water partition coefficient (Wildman–Crippen LogP) is 2.10. The molecule has 2 heterocycles. The minimum Gasteiger partial charge on any atom is -0.442 e. The highest BCUT2D eigenvalue weighted by Gasteiger charge is 2.32. The Morgan fingerprint density at radius 2 is 1.93 bits per heavy atom. The maximum absolute atomic E-state index is 14.8. The van der Waals surface area contributed by atoms with E-state index in [0.717, 1.165) is 30.8 Å². The number of benzene rings is 2. The van der Waals surface area contributed by atoms with Crippen molar-refractivity contribution in [2.24, 2.45) is 5.73 Å². The highest BCUT2D eigenvalue weighted by molar-refractivity contribution is 5.90. The number of carbonyl (C=O) groups is 2. The molecule has 7 nitrogen and oxygen atoms in total. The Morgan fingerprint density at radius 1 is 1.20 bits per heavy atom. The van der Waals surface area contributed by atoms with Crippen molar-refractivity contribution in [3.05, 3.63) is 53.8 Å². The lowest BCUT2D eigenvalue weighted by atomic mass is 10.0. The average Bonchev–Trinajstić information content (AvgIpc) is 3.06. The Labute approximate surface area is 174 Å². The third-order valence-corrected chi connectivity index (χ3v) is 5.37. The number of hydrogen-bond acceptors (Lipinski definition) is 5. The molecule has 30 heavy (non-hydrogen) atoms. The molecule has 2 saturated heterocycles. The normalized spacial score (nSPS) is 19.5. The van der Waals surface area contributed by atoms with E-state index < -0.39 is 18.0 Å². The van der Waals surface area contributed by atoms with Gasteiger partial charge in [0.2, 0.25) is 5.91 Å². The number of amides is 2. The van der Waals surface area contributed by atoms with Crippen LogP contribution in [-0.2, 0) is 16.1 Å². The monoisotopic (exact) mass is 412 g/mol. The van der Waals surface area contributed by atoms with Crippen LogP contribution >= 0.6 is 0 Å². The van der Waals surface area contributed by atoms with Crippen molar-refractivity contribution in [3.63, 3.8) is 0 Å². The Balaban J connectivity index is 1.43. The summed E-state index contributed by atoms with van der Waals surface area (Å²) in [7, 11) is 0. The highest BCUT2D eigenvalue weighted by atomic mass is 19.1. The number of rotatable bonds is 6. The molecule has 4 rings (SSSR count). The van der Waals surface area contributed by atoms with Gasteiger partial charge in [-0.05, 0) is 29.3 Å². The average molecular weight is 412 g/mol. The zero-order valence-corrected chi connectivity index (χ0v) is 16.8. The molecule has 2 amide bonds. The Hall–Kier alpha value is -2.97. The summed E-state index contributed by atoms with van der Waals surface area (Å²) in [5.41, 5.74) is 8.64. The van der Waals surface area contributed by atoms with Crippen molar-refractivity contribution >= 4 is 17.7 Å². The first-order valence-corrected chi connectivity index (χ1v) is 9.98. The minimum atomic E-state index is -0.549. The van der Waals surface area contributed by atoms with Crippen LogP contribution in [0.1, 0.15) is 12.5 Å². The minimum absolute atomic E-state index is 0.195. The van der Waals surface area contributed by atoms with Gasteiger partial charge in [-0.25, -0.2) is 9.18 Å². The van der Waals surface area contributed by atoms with E-state index in [1.54, 1.807) is 12.1 Å². The highest BCUT2D eigenvalue weighted by Crippen LogP contribution is 2.29. The molecule has 8 heteroatoms. The molecule has 0 saturated carbocycles. The molecule has 1 atom stereocenters. The first-order chi connectivity index (χ1) is 14.4. The van der Waals surface area contributed by atoms with Gasteiger partial charge in [0.25, 0.3) is 0 Å². The standard InChI is InChI=1S/C22H25FN4O3/c1-14(28)25-9-19-13-27(22(29)30-19)18-6-7-20(21(23)8-18)16-4-2-15(3-5-16)10-26-11-17(24)12-26/h2-8,17,19H,9-13,24H2,1H3,(H,25,28)/t19-/m0/s1. The molecular weight excluding hydrogens is 387 g/mol. The van der Waals surface area contributed by atoms with Crippen molar-refractivity contribution in [2.45, 2.75) is 25.6 Å². The molecule has 0 aromatic heterocycles. The second kappa shape index (κ2) is 8.41. The van der Waals surface area contributed by atoms with Gasteiger partial charge in [0.15, 0.2) is 0 Å². The van der Waals surface area contributed by atoms with Crippen LogP contribution < -0.4 is 16.0 Å². The van der Waals surface area contributed by atoms with Crippen LogP contribution in [0, 0.1) is 5.82 Å². The Morgan fingerprint density at radius 3 is 2.57 bits per heavy atom. The van der Waals surface area contributed by atoms with E-state index >= 15 is 0 Å². The summed E-state index contributed by atoms with van der Waals surface area (Å²) in [6, 6.07) is 12.8. The van der Waals surface area contributed by atoms with E-state index in [0.29, 0.717) is 11.3 Å². The first kappa shape index (κ1) is 20.3. The van der Waals surface area contributed by atoms with Crippen LogP contribution in [0.3, 0.4) is 0 Å². The third-order valence-electron chi connectivity index (χ3n) is 5.37. The van der Waals surface area contributed by atoms with Gasteiger partial charge in [0.1, 0.15) is 11.9 Å². The van der Waals surface area contributed by atoms with E-state index in [4.69, 9.17) is 10.5 Å². The van der Waals surface area contributed by atoms with Gasteiger partial charge in [-0.1, -0.05) is 24.3 Å². The lowest BCUT2D eigenvalue weighted by molar-refractivity contribution is -0.119. The van der Waals surface area contributed by atoms with Crippen molar-refractivity contribution in [2.75, 3.05) is 31.1 Å². The van der Waals surface area contributed by atoms with Crippen LogP contribution in [0.15, 0.2) is 42.5 Å². The fourth-order valence-electron chi connectivity index (χ4n) is 3.79. The number of nitrogens with one attached hydrogen (secondary N) is 1. The van der Waals surface area contributed by atoms with Crippen LogP contribution in [0.25, 0.3) is 11.1 Å². The largest absolute Gasteiger partial charge is 0.442 e. The molecule has 2 aromatic carbocycles. The number of nitrogens with zero attached hydrogens (tertiary/aromatic N) is 2. The van der Waals surface area contributed by atoms with Crippen molar-refractivity contribution in [1.82, 2.24) is 10.2 Å². The van der Waals surface area contributed by atoms with Gasteiger partial charge in [0, 0.05) is 38.2 Å². The quantitative estimate of drug-likeness (QED) is 0.759. The van der Waals surface area contributed by atoms with E-state index in [-0.39, 0.29) is 25.0 Å². The topological polar surface area (TPSA) is 87.9 Å². The number of anilines is 1. The fraction of sp³-hybridized carbons (Fsp3) is 0.364. The van der Waals surface area contributed by atoms with E-state index in [2.05, 4.69) is 10.2 Å². The van der Waals surface area contributed by atoms with Crippen LogP contribution in [0.4, 0.5) is 14.9 Å². The van der Waals surface area contributed by atoms with Gasteiger partial charge in [-0.15, -0.1) is 0 Å². The van der Waals surface area contributed by atoms with Crippen molar-refractivity contribution in [3.8, 4) is 11.1 Å². The van der Waals surface area contributed by atoms with Crippen LogP contribution in [0.5, 0.6) is 0 Å². The zero-order valence-electron chi connectivity index (χ0n) is 16.8. The van der Waals surface area contributed by atoms with Crippen LogP contribution in [0.2, 0.25) is 0 Å². The zero-order chi connectivity index (χ0) is 21.3. The number of nitrogens with two attached hydrogens (primary N) is 1. The molecule has 2 aliphatic rings. The molecule has 0 bridgehead atoms. The predicted molar refractivity (Wildman–Crippen MR) is 111 cm³/mol. The SMILES string of the molecule is CC(=O)NC[C@H]1CN(c2ccc(-c3ccc(CN4CC(N)C4)cc3)c(F)c2)C(=O)O1. The summed E-state index contributed by atoms with van der Waals surface area (Å²) in [6.45, 7) is 4.53. The second-order valence-electron chi connectivity index (χ2n) is 7.87. The van der Waals surface area contributed by atoms with Gasteiger partial charge in [0.05, 0.1) is 18.8 Å². The molecule has 158 valence electrons. The Bertz CT molecular complexity index is 944. The molecule has 2 fully saturated rings. The maximum atomic E-state index is 14.8. The molecule has 2 aliphatic heterocycles. The molecule has 0 unspecified atom stereocenters. The van der Waals surface area contributed by atoms with Gasteiger partial charge < -0.3 is 15.8 Å². The van der Waals surface area contributed by atoms with Gasteiger partial charge in [-0.2, -0.15) is 0 Å². The lowest BCUT2D eigenvalue weighted by Gasteiger charge is -2.36. The first-order valence-electron chi connectivity index (χ1n) is 9.98. The number of cyclic esters (lactones) is 1. The number of hydrogen-bond donors (Lipinski definition) is 2. The number of ether oxygens (including phenoxy) is 1. The molecule has 0 spiro atoms. The number of likely N-dealkylation sites (tertiary alicyclic amines) is 1. The summed E-state index contributed by atoms with van der Waals surface area (Å²) < 4.78 is 20.1. The summed E-state index contributed by atoms with van der Waals surface area (Å²) in [5.74, 6) is -0.605. The van der Waals surface area contributed by atoms with Gasteiger partial charge in [-0.3, -0.25) is 14.6 Å². The molecule has 0 aliphatic carbocycles. The molecule has 3 N–H and O–H groups in total. The smallest absolute Gasteiger partial charge is 0.414 e. The van der Waals surface area contributed by atoms with Crippen molar-refractivity contribution in [1.29, 1.82) is 0 Å². The number of carbonyl (C=O) groups excluding carboxylic acids is 2. The van der Waals surface area contributed by atoms with Crippen molar-refractivity contribution < 1.29 is 18.7 Å². The Kier molecular flexibility index (Phi) is 5.69. The third kappa shape index (κ3) is 4.44.